The minimum Gasteiger partial charge on any atom is -0.347 e. The molecule has 0 bridgehead atoms. The lowest BCUT2D eigenvalue weighted by molar-refractivity contribution is -0.129. The summed E-state index contributed by atoms with van der Waals surface area (Å²) in [4.78, 5) is 24.8. The van der Waals surface area contributed by atoms with E-state index >= 15 is 0 Å². The van der Waals surface area contributed by atoms with Gasteiger partial charge in [0.15, 0.2) is 5.78 Å². The van der Waals surface area contributed by atoms with E-state index in [1.807, 2.05) is 18.4 Å². The van der Waals surface area contributed by atoms with Gasteiger partial charge in [0, 0.05) is 31.0 Å². The zero-order chi connectivity index (χ0) is 13.2. The third-order valence-electron chi connectivity index (χ3n) is 2.79. The van der Waals surface area contributed by atoms with Crippen LogP contribution in [0.4, 0.5) is 0 Å². The SMILES string of the molecule is Cc1cc(C(=O)CCl)c(C)n1CC(=O)N(C)C. The van der Waals surface area contributed by atoms with Gasteiger partial charge in [-0.3, -0.25) is 9.59 Å². The molecule has 94 valence electrons. The first kappa shape index (κ1) is 13.8. The maximum Gasteiger partial charge on any atom is 0.241 e. The van der Waals surface area contributed by atoms with Crippen LogP contribution in [-0.2, 0) is 11.3 Å². The molecule has 17 heavy (non-hydrogen) atoms. The normalized spacial score (nSPS) is 10.4. The number of amides is 1. The van der Waals surface area contributed by atoms with Crippen molar-refractivity contribution in [2.45, 2.75) is 20.4 Å². The van der Waals surface area contributed by atoms with Crippen LogP contribution in [0.1, 0.15) is 21.7 Å². The highest BCUT2D eigenvalue weighted by Gasteiger charge is 2.16. The highest BCUT2D eigenvalue weighted by molar-refractivity contribution is 6.30. The van der Waals surface area contributed by atoms with Gasteiger partial charge < -0.3 is 9.47 Å². The van der Waals surface area contributed by atoms with Gasteiger partial charge in [0.2, 0.25) is 5.91 Å². The van der Waals surface area contributed by atoms with Gasteiger partial charge in [-0.15, -0.1) is 11.6 Å². The number of carbonyl (C=O) groups is 2. The zero-order valence-electron chi connectivity index (χ0n) is 10.6. The second-order valence-corrected chi connectivity index (χ2v) is 4.48. The van der Waals surface area contributed by atoms with Gasteiger partial charge in [0.05, 0.1) is 5.88 Å². The number of halogens is 1. The number of nitrogens with zero attached hydrogens (tertiary/aromatic N) is 2. The average Bonchev–Trinajstić information content (AvgIpc) is 2.55. The largest absolute Gasteiger partial charge is 0.347 e. The topological polar surface area (TPSA) is 42.3 Å². The number of hydrogen-bond donors (Lipinski definition) is 0. The maximum atomic E-state index is 11.7. The Morgan fingerprint density at radius 2 is 1.94 bits per heavy atom. The number of likely N-dealkylation sites (N-methyl/N-ethyl adjacent to an activating group) is 1. The molecule has 4 nitrogen and oxygen atoms in total. The molecule has 0 N–H and O–H groups in total. The number of Topliss-reactive ketones (excluding diaryl/α,β-unsaturated/α-hetero) is 1. The predicted molar refractivity (Wildman–Crippen MR) is 67.7 cm³/mol. The summed E-state index contributed by atoms with van der Waals surface area (Å²) in [5, 5.41) is 0. The number of alkyl halides is 1. The number of carbonyl (C=O) groups excluding carboxylic acids is 2. The molecule has 0 aromatic carbocycles. The molecule has 1 heterocycles. The minimum atomic E-state index is -0.108. The number of aromatic nitrogens is 1. The van der Waals surface area contributed by atoms with Crippen LogP contribution in [0.3, 0.4) is 0 Å². The highest BCUT2D eigenvalue weighted by atomic mass is 35.5. The molecule has 0 atom stereocenters. The second-order valence-electron chi connectivity index (χ2n) is 4.22. The van der Waals surface area contributed by atoms with Crippen LogP contribution in [0.25, 0.3) is 0 Å². The van der Waals surface area contributed by atoms with E-state index in [-0.39, 0.29) is 24.1 Å². The van der Waals surface area contributed by atoms with Gasteiger partial charge in [-0.25, -0.2) is 0 Å². The van der Waals surface area contributed by atoms with Crippen LogP contribution >= 0.6 is 11.6 Å². The molecule has 0 aliphatic carbocycles. The van der Waals surface area contributed by atoms with E-state index in [0.29, 0.717) is 5.56 Å². The van der Waals surface area contributed by atoms with Crippen LogP contribution in [0, 0.1) is 13.8 Å². The summed E-state index contributed by atoms with van der Waals surface area (Å²) in [7, 11) is 3.42. The summed E-state index contributed by atoms with van der Waals surface area (Å²) >= 11 is 5.54. The summed E-state index contributed by atoms with van der Waals surface area (Å²) in [6, 6.07) is 1.78. The lowest BCUT2D eigenvalue weighted by atomic mass is 10.2. The Morgan fingerprint density at radius 1 is 1.35 bits per heavy atom. The molecule has 1 rings (SSSR count). The van der Waals surface area contributed by atoms with Gasteiger partial charge in [-0.1, -0.05) is 0 Å². The second kappa shape index (κ2) is 5.36. The van der Waals surface area contributed by atoms with E-state index in [4.69, 9.17) is 11.6 Å². The molecule has 5 heteroatoms. The third-order valence-corrected chi connectivity index (χ3v) is 3.03. The summed E-state index contributed by atoms with van der Waals surface area (Å²) in [6.07, 6.45) is 0. The van der Waals surface area contributed by atoms with Crippen molar-refractivity contribution in [3.8, 4) is 0 Å². The van der Waals surface area contributed by atoms with Gasteiger partial charge in [-0.2, -0.15) is 0 Å². The van der Waals surface area contributed by atoms with Crippen molar-refractivity contribution >= 4 is 23.3 Å². The van der Waals surface area contributed by atoms with Crippen molar-refractivity contribution in [1.29, 1.82) is 0 Å². The Morgan fingerprint density at radius 3 is 2.41 bits per heavy atom. The molecule has 0 spiro atoms. The van der Waals surface area contributed by atoms with E-state index in [1.165, 1.54) is 4.90 Å². The molecule has 0 aliphatic heterocycles. The van der Waals surface area contributed by atoms with E-state index in [2.05, 4.69) is 0 Å². The Labute approximate surface area is 106 Å². The maximum absolute atomic E-state index is 11.7. The van der Waals surface area contributed by atoms with Crippen molar-refractivity contribution in [2.24, 2.45) is 0 Å². The first-order chi connectivity index (χ1) is 7.88. The fraction of sp³-hybridized carbons (Fsp3) is 0.500. The number of ketones is 1. The van der Waals surface area contributed by atoms with E-state index in [9.17, 15) is 9.59 Å². The molecular formula is C12H17ClN2O2. The lowest BCUT2D eigenvalue weighted by Gasteiger charge is -2.13. The predicted octanol–water partition coefficient (Wildman–Crippen LogP) is 1.61. The summed E-state index contributed by atoms with van der Waals surface area (Å²) in [6.45, 7) is 3.96. The molecule has 0 fully saturated rings. The van der Waals surface area contributed by atoms with E-state index in [0.717, 1.165) is 11.4 Å². The number of hydrogen-bond acceptors (Lipinski definition) is 2. The van der Waals surface area contributed by atoms with Crippen LogP contribution in [0.5, 0.6) is 0 Å². The Bertz CT molecular complexity index is 450. The van der Waals surface area contributed by atoms with Gasteiger partial charge in [0.1, 0.15) is 6.54 Å². The molecule has 1 aromatic rings. The molecule has 0 unspecified atom stereocenters. The zero-order valence-corrected chi connectivity index (χ0v) is 11.3. The van der Waals surface area contributed by atoms with Crippen molar-refractivity contribution in [3.63, 3.8) is 0 Å². The van der Waals surface area contributed by atoms with Gasteiger partial charge >= 0.3 is 0 Å². The molecule has 0 aliphatic rings. The third kappa shape index (κ3) is 2.88. The molecule has 0 saturated heterocycles. The van der Waals surface area contributed by atoms with Crippen LogP contribution in [0.2, 0.25) is 0 Å². The summed E-state index contributed by atoms with van der Waals surface area (Å²) in [5.74, 6) is -0.147. The Balaban J connectivity index is 3.06. The molecule has 1 aromatic heterocycles. The van der Waals surface area contributed by atoms with E-state index in [1.54, 1.807) is 20.2 Å². The first-order valence-electron chi connectivity index (χ1n) is 5.34. The highest BCUT2D eigenvalue weighted by Crippen LogP contribution is 2.16. The Kier molecular flexibility index (Phi) is 4.34. The molecule has 1 amide bonds. The first-order valence-corrected chi connectivity index (χ1v) is 5.88. The van der Waals surface area contributed by atoms with Crippen molar-refractivity contribution in [2.75, 3.05) is 20.0 Å². The standard InChI is InChI=1S/C12H17ClN2O2/c1-8-5-10(11(16)6-13)9(2)15(8)7-12(17)14(3)4/h5H,6-7H2,1-4H3. The minimum absolute atomic E-state index is 0.00308. The summed E-state index contributed by atoms with van der Waals surface area (Å²) in [5.41, 5.74) is 2.29. The quantitative estimate of drug-likeness (QED) is 0.607. The van der Waals surface area contributed by atoms with Gasteiger partial charge in [-0.05, 0) is 19.9 Å². The fourth-order valence-corrected chi connectivity index (χ4v) is 1.82. The number of aryl methyl sites for hydroxylation is 1. The van der Waals surface area contributed by atoms with E-state index < -0.39 is 0 Å². The smallest absolute Gasteiger partial charge is 0.241 e. The van der Waals surface area contributed by atoms with Crippen molar-refractivity contribution < 1.29 is 9.59 Å². The van der Waals surface area contributed by atoms with Crippen LogP contribution < -0.4 is 0 Å². The Hall–Kier alpha value is -1.29. The molecular weight excluding hydrogens is 240 g/mol. The number of rotatable bonds is 4. The van der Waals surface area contributed by atoms with Crippen LogP contribution in [-0.4, -0.2) is 41.1 Å². The van der Waals surface area contributed by atoms with Crippen molar-refractivity contribution in [3.05, 3.63) is 23.0 Å². The molecule has 0 radical (unpaired) electrons. The van der Waals surface area contributed by atoms with Crippen molar-refractivity contribution in [1.82, 2.24) is 9.47 Å². The summed E-state index contributed by atoms with van der Waals surface area (Å²) < 4.78 is 1.84. The lowest BCUT2D eigenvalue weighted by Crippen LogP contribution is -2.27. The fourth-order valence-electron chi connectivity index (χ4n) is 1.68. The average molecular weight is 257 g/mol. The van der Waals surface area contributed by atoms with Crippen LogP contribution in [0.15, 0.2) is 6.07 Å². The molecule has 0 saturated carbocycles. The monoisotopic (exact) mass is 256 g/mol. The van der Waals surface area contributed by atoms with Gasteiger partial charge in [0.25, 0.3) is 0 Å².